The minimum atomic E-state index is -0.339. The third kappa shape index (κ3) is 3.70. The van der Waals surface area contributed by atoms with Crippen molar-refractivity contribution in [2.45, 2.75) is 18.9 Å². The normalized spacial score (nSPS) is 19.0. The van der Waals surface area contributed by atoms with E-state index in [1.165, 1.54) is 38.7 Å². The molecule has 3 heterocycles. The Hall–Kier alpha value is -2.77. The number of benzene rings is 2. The van der Waals surface area contributed by atoms with Gasteiger partial charge in [0.2, 0.25) is 0 Å². The average Bonchev–Trinajstić information content (AvgIpc) is 3.48. The molecular formula is C23H24N4O2S. The van der Waals surface area contributed by atoms with Gasteiger partial charge >= 0.3 is 5.97 Å². The van der Waals surface area contributed by atoms with Crippen LogP contribution in [-0.2, 0) is 4.74 Å². The lowest BCUT2D eigenvalue weighted by Crippen LogP contribution is -2.50. The fraction of sp³-hybridized carbons (Fsp3) is 0.348. The summed E-state index contributed by atoms with van der Waals surface area (Å²) in [5.74, 6) is -0.339. The number of nitrogens with zero attached hydrogens (tertiary/aromatic N) is 4. The van der Waals surface area contributed by atoms with Crippen LogP contribution in [0.4, 0.5) is 5.69 Å². The first-order valence-electron chi connectivity index (χ1n) is 10.3. The zero-order chi connectivity index (χ0) is 20.5. The van der Waals surface area contributed by atoms with Crippen LogP contribution in [0.25, 0.3) is 21.1 Å². The number of aromatic nitrogens is 2. The molecule has 154 valence electrons. The molecule has 2 aromatic carbocycles. The standard InChI is InChI=1S/C23H24N4O2S/c1-29-23(28)18-6-4-16(5-7-18)21-24-25-22(30-21)17-8-10-19(11-9-17)27-14-13-26-12-2-3-20(26)15-27/h4-11,20H,2-3,12-15H2,1H3. The van der Waals surface area contributed by atoms with Crippen LogP contribution in [0.5, 0.6) is 0 Å². The molecule has 5 rings (SSSR count). The van der Waals surface area contributed by atoms with Gasteiger partial charge in [0.15, 0.2) is 0 Å². The molecule has 0 aliphatic carbocycles. The number of anilines is 1. The summed E-state index contributed by atoms with van der Waals surface area (Å²) in [5, 5.41) is 10.5. The van der Waals surface area contributed by atoms with Crippen LogP contribution < -0.4 is 4.90 Å². The summed E-state index contributed by atoms with van der Waals surface area (Å²) in [6, 6.07) is 16.7. The summed E-state index contributed by atoms with van der Waals surface area (Å²) in [7, 11) is 1.38. The van der Waals surface area contributed by atoms with Gasteiger partial charge in [-0.05, 0) is 55.8 Å². The lowest BCUT2D eigenvalue weighted by Gasteiger charge is -2.38. The number of carbonyl (C=O) groups excluding carboxylic acids is 1. The van der Waals surface area contributed by atoms with Gasteiger partial charge in [0.05, 0.1) is 12.7 Å². The summed E-state index contributed by atoms with van der Waals surface area (Å²) in [5.41, 5.74) is 3.83. The predicted molar refractivity (Wildman–Crippen MR) is 119 cm³/mol. The maximum Gasteiger partial charge on any atom is 0.337 e. The molecule has 0 bridgehead atoms. The summed E-state index contributed by atoms with van der Waals surface area (Å²) in [6.07, 6.45) is 2.66. The topological polar surface area (TPSA) is 58.6 Å². The van der Waals surface area contributed by atoms with Gasteiger partial charge in [0.1, 0.15) is 10.0 Å². The Morgan fingerprint density at radius 2 is 1.63 bits per heavy atom. The zero-order valence-corrected chi connectivity index (χ0v) is 17.8. The van der Waals surface area contributed by atoms with Gasteiger partial charge in [0, 0.05) is 42.5 Å². The highest BCUT2D eigenvalue weighted by molar-refractivity contribution is 7.17. The summed E-state index contributed by atoms with van der Waals surface area (Å²) in [4.78, 5) is 16.7. The molecule has 0 N–H and O–H groups in total. The molecule has 2 fully saturated rings. The molecule has 6 nitrogen and oxygen atoms in total. The number of esters is 1. The van der Waals surface area contributed by atoms with E-state index in [9.17, 15) is 4.79 Å². The molecule has 2 aliphatic rings. The van der Waals surface area contributed by atoms with E-state index in [-0.39, 0.29) is 5.97 Å². The van der Waals surface area contributed by atoms with E-state index in [2.05, 4.69) is 44.3 Å². The van der Waals surface area contributed by atoms with E-state index >= 15 is 0 Å². The Kier molecular flexibility index (Phi) is 5.23. The largest absolute Gasteiger partial charge is 0.465 e. The van der Waals surface area contributed by atoms with Crippen LogP contribution in [-0.4, -0.2) is 60.4 Å². The Bertz CT molecular complexity index is 1030. The first-order chi connectivity index (χ1) is 14.7. The molecule has 2 aliphatic heterocycles. The van der Waals surface area contributed by atoms with Crippen molar-refractivity contribution in [1.29, 1.82) is 0 Å². The second kappa shape index (κ2) is 8.16. The van der Waals surface area contributed by atoms with Crippen LogP contribution >= 0.6 is 11.3 Å². The summed E-state index contributed by atoms with van der Waals surface area (Å²) < 4.78 is 4.75. The smallest absolute Gasteiger partial charge is 0.337 e. The molecule has 1 atom stereocenters. The van der Waals surface area contributed by atoms with E-state index < -0.39 is 0 Å². The predicted octanol–water partition coefficient (Wildman–Crippen LogP) is 3.94. The number of piperazine rings is 1. The van der Waals surface area contributed by atoms with Gasteiger partial charge in [-0.15, -0.1) is 10.2 Å². The minimum absolute atomic E-state index is 0.339. The fourth-order valence-electron chi connectivity index (χ4n) is 4.36. The van der Waals surface area contributed by atoms with Crippen LogP contribution in [0.1, 0.15) is 23.2 Å². The third-order valence-electron chi connectivity index (χ3n) is 6.04. The molecule has 1 aromatic heterocycles. The van der Waals surface area contributed by atoms with E-state index in [0.29, 0.717) is 5.56 Å². The molecule has 7 heteroatoms. The van der Waals surface area contributed by atoms with Crippen molar-refractivity contribution in [2.75, 3.05) is 38.2 Å². The van der Waals surface area contributed by atoms with Gasteiger partial charge < -0.3 is 9.64 Å². The van der Waals surface area contributed by atoms with Crippen molar-refractivity contribution in [3.8, 4) is 21.1 Å². The van der Waals surface area contributed by atoms with Gasteiger partial charge in [-0.2, -0.15) is 0 Å². The number of fused-ring (bicyclic) bond motifs is 1. The molecule has 0 radical (unpaired) electrons. The highest BCUT2D eigenvalue weighted by atomic mass is 32.1. The Balaban J connectivity index is 1.30. The maximum atomic E-state index is 11.6. The van der Waals surface area contributed by atoms with Crippen molar-refractivity contribution in [3.63, 3.8) is 0 Å². The van der Waals surface area contributed by atoms with Gasteiger partial charge in [-0.1, -0.05) is 23.5 Å². The van der Waals surface area contributed by atoms with E-state index in [1.54, 1.807) is 23.5 Å². The van der Waals surface area contributed by atoms with Gasteiger partial charge in [0.25, 0.3) is 0 Å². The number of rotatable bonds is 4. The third-order valence-corrected chi connectivity index (χ3v) is 7.07. The molecule has 0 amide bonds. The number of hydrogen-bond donors (Lipinski definition) is 0. The Morgan fingerprint density at radius 1 is 0.967 bits per heavy atom. The zero-order valence-electron chi connectivity index (χ0n) is 17.0. The first-order valence-corrected chi connectivity index (χ1v) is 11.1. The van der Waals surface area contributed by atoms with Crippen LogP contribution in [0.3, 0.4) is 0 Å². The Morgan fingerprint density at radius 3 is 2.30 bits per heavy atom. The maximum absolute atomic E-state index is 11.6. The van der Waals surface area contributed by atoms with Crippen LogP contribution in [0.15, 0.2) is 48.5 Å². The summed E-state index contributed by atoms with van der Waals surface area (Å²) >= 11 is 1.55. The lowest BCUT2D eigenvalue weighted by molar-refractivity contribution is 0.0601. The second-order valence-electron chi connectivity index (χ2n) is 7.81. The van der Waals surface area contributed by atoms with Crippen molar-refractivity contribution < 1.29 is 9.53 Å². The number of carbonyl (C=O) groups is 1. The lowest BCUT2D eigenvalue weighted by atomic mass is 10.1. The molecule has 0 spiro atoms. The Labute approximate surface area is 180 Å². The van der Waals surface area contributed by atoms with Crippen molar-refractivity contribution in [1.82, 2.24) is 15.1 Å². The second-order valence-corrected chi connectivity index (χ2v) is 8.78. The SMILES string of the molecule is COC(=O)c1ccc(-c2nnc(-c3ccc(N4CCN5CCCC5C4)cc3)s2)cc1. The molecular weight excluding hydrogens is 396 g/mol. The number of hydrogen-bond acceptors (Lipinski definition) is 7. The molecule has 30 heavy (non-hydrogen) atoms. The van der Waals surface area contributed by atoms with Crippen molar-refractivity contribution in [2.24, 2.45) is 0 Å². The van der Waals surface area contributed by atoms with Crippen LogP contribution in [0.2, 0.25) is 0 Å². The van der Waals surface area contributed by atoms with Gasteiger partial charge in [-0.25, -0.2) is 4.79 Å². The number of ether oxygens (including phenoxy) is 1. The highest BCUT2D eigenvalue weighted by Crippen LogP contribution is 2.32. The summed E-state index contributed by atoms with van der Waals surface area (Å²) in [6.45, 7) is 4.66. The number of methoxy groups -OCH3 is 1. The first kappa shape index (κ1) is 19.2. The molecule has 3 aromatic rings. The van der Waals surface area contributed by atoms with Gasteiger partial charge in [-0.3, -0.25) is 4.90 Å². The molecule has 0 saturated carbocycles. The van der Waals surface area contributed by atoms with E-state index in [0.717, 1.165) is 40.3 Å². The molecule has 2 saturated heterocycles. The highest BCUT2D eigenvalue weighted by Gasteiger charge is 2.30. The van der Waals surface area contributed by atoms with E-state index in [1.807, 2.05) is 12.1 Å². The van der Waals surface area contributed by atoms with E-state index in [4.69, 9.17) is 4.74 Å². The quantitative estimate of drug-likeness (QED) is 0.596. The molecule has 1 unspecified atom stereocenters. The fourth-order valence-corrected chi connectivity index (χ4v) is 5.22. The van der Waals surface area contributed by atoms with Crippen molar-refractivity contribution >= 4 is 23.0 Å². The average molecular weight is 421 g/mol. The monoisotopic (exact) mass is 420 g/mol. The minimum Gasteiger partial charge on any atom is -0.465 e. The van der Waals surface area contributed by atoms with Crippen LogP contribution in [0, 0.1) is 0 Å². The van der Waals surface area contributed by atoms with Crippen molar-refractivity contribution in [3.05, 3.63) is 54.1 Å².